The van der Waals surface area contributed by atoms with Crippen LogP contribution in [-0.4, -0.2) is 25.9 Å². The molecule has 1 aromatic heterocycles. The van der Waals surface area contributed by atoms with Crippen molar-refractivity contribution in [3.05, 3.63) is 60.1 Å². The highest BCUT2D eigenvalue weighted by Crippen LogP contribution is 2.19. The zero-order valence-electron chi connectivity index (χ0n) is 11.8. The van der Waals surface area contributed by atoms with Crippen LogP contribution in [0.15, 0.2) is 53.1 Å². The van der Waals surface area contributed by atoms with Crippen LogP contribution < -0.4 is 4.72 Å². The van der Waals surface area contributed by atoms with E-state index in [1.54, 1.807) is 12.1 Å². The van der Waals surface area contributed by atoms with Gasteiger partial charge >= 0.3 is 0 Å². The third-order valence-corrected chi connectivity index (χ3v) is 4.81. The fraction of sp³-hybridized carbons (Fsp3) is 0.333. The lowest BCUT2D eigenvalue weighted by Gasteiger charge is -2.17. The smallest absolute Gasteiger partial charge is 0.212 e. The van der Waals surface area contributed by atoms with Crippen LogP contribution in [0.2, 0.25) is 0 Å². The minimum Gasteiger partial charge on any atom is -0.468 e. The largest absolute Gasteiger partial charge is 0.468 e. The van der Waals surface area contributed by atoms with Gasteiger partial charge in [0.25, 0.3) is 0 Å². The van der Waals surface area contributed by atoms with Gasteiger partial charge in [-0.1, -0.05) is 37.3 Å². The maximum atomic E-state index is 12.2. The Morgan fingerprint density at radius 3 is 2.48 bits per heavy atom. The average molecular weight is 309 g/mol. The number of aliphatic hydroxyl groups excluding tert-OH is 1. The van der Waals surface area contributed by atoms with Gasteiger partial charge in [-0.05, 0) is 23.6 Å². The van der Waals surface area contributed by atoms with E-state index in [2.05, 4.69) is 4.72 Å². The predicted molar refractivity (Wildman–Crippen MR) is 80.3 cm³/mol. The molecule has 0 aliphatic heterocycles. The van der Waals surface area contributed by atoms with Gasteiger partial charge in [-0.15, -0.1) is 0 Å². The van der Waals surface area contributed by atoms with Crippen LogP contribution >= 0.6 is 0 Å². The summed E-state index contributed by atoms with van der Waals surface area (Å²) in [6.07, 6.45) is 1.44. The van der Waals surface area contributed by atoms with Crippen LogP contribution in [0.3, 0.4) is 0 Å². The lowest BCUT2D eigenvalue weighted by Crippen LogP contribution is -2.33. The molecule has 2 atom stereocenters. The monoisotopic (exact) mass is 309 g/mol. The van der Waals surface area contributed by atoms with Crippen molar-refractivity contribution in [2.75, 3.05) is 12.4 Å². The van der Waals surface area contributed by atoms with Crippen molar-refractivity contribution < 1.29 is 17.9 Å². The summed E-state index contributed by atoms with van der Waals surface area (Å²) in [4.78, 5) is 0. The molecule has 0 spiro atoms. The van der Waals surface area contributed by atoms with Gasteiger partial charge in [0, 0.05) is 0 Å². The summed E-state index contributed by atoms with van der Waals surface area (Å²) in [7, 11) is -3.54. The van der Waals surface area contributed by atoms with Crippen LogP contribution in [-0.2, 0) is 10.0 Å². The summed E-state index contributed by atoms with van der Waals surface area (Å²) in [6.45, 7) is 1.50. The molecule has 2 N–H and O–H groups in total. The van der Waals surface area contributed by atoms with E-state index in [1.165, 1.54) is 6.26 Å². The Hall–Kier alpha value is -1.63. The Labute approximate surface area is 124 Å². The third kappa shape index (κ3) is 4.42. The topological polar surface area (TPSA) is 79.5 Å². The van der Waals surface area contributed by atoms with E-state index in [1.807, 2.05) is 37.3 Å². The van der Waals surface area contributed by atoms with Gasteiger partial charge in [0.05, 0.1) is 18.6 Å². The SMILES string of the molecule is CC(CS(=O)(=O)NC(CO)c1ccco1)c1ccccc1. The molecule has 114 valence electrons. The fourth-order valence-electron chi connectivity index (χ4n) is 2.15. The summed E-state index contributed by atoms with van der Waals surface area (Å²) in [5.74, 6) is 0.210. The number of aliphatic hydroxyl groups is 1. The van der Waals surface area contributed by atoms with E-state index < -0.39 is 16.1 Å². The molecule has 2 aromatic rings. The summed E-state index contributed by atoms with van der Waals surface area (Å²) in [5, 5.41) is 9.33. The zero-order chi connectivity index (χ0) is 15.3. The van der Waals surface area contributed by atoms with Crippen molar-refractivity contribution in [3.63, 3.8) is 0 Å². The molecule has 0 aliphatic rings. The molecule has 5 nitrogen and oxygen atoms in total. The van der Waals surface area contributed by atoms with Crippen molar-refractivity contribution in [3.8, 4) is 0 Å². The van der Waals surface area contributed by atoms with Crippen LogP contribution in [0.25, 0.3) is 0 Å². The molecule has 21 heavy (non-hydrogen) atoms. The summed E-state index contributed by atoms with van der Waals surface area (Å²) < 4.78 is 32.0. The van der Waals surface area contributed by atoms with Gasteiger partial charge < -0.3 is 9.52 Å². The van der Waals surface area contributed by atoms with Gasteiger partial charge in [0.2, 0.25) is 10.0 Å². The molecule has 2 rings (SSSR count). The molecule has 1 heterocycles. The highest BCUT2D eigenvalue weighted by molar-refractivity contribution is 7.89. The minimum atomic E-state index is -3.54. The molecule has 0 saturated heterocycles. The van der Waals surface area contributed by atoms with Crippen molar-refractivity contribution in [1.82, 2.24) is 4.72 Å². The Morgan fingerprint density at radius 1 is 1.19 bits per heavy atom. The molecule has 0 bridgehead atoms. The molecule has 2 unspecified atom stereocenters. The van der Waals surface area contributed by atoms with Crippen molar-refractivity contribution in [2.24, 2.45) is 0 Å². The first-order chi connectivity index (χ1) is 10.0. The van der Waals surface area contributed by atoms with Gasteiger partial charge in [-0.3, -0.25) is 0 Å². The second-order valence-electron chi connectivity index (χ2n) is 4.96. The normalized spacial score (nSPS) is 14.8. The first kappa shape index (κ1) is 15.8. The molecule has 0 amide bonds. The van der Waals surface area contributed by atoms with Crippen molar-refractivity contribution in [2.45, 2.75) is 18.9 Å². The van der Waals surface area contributed by atoms with Crippen LogP contribution in [0.5, 0.6) is 0 Å². The number of rotatable bonds is 7. The molecule has 6 heteroatoms. The van der Waals surface area contributed by atoms with Crippen molar-refractivity contribution in [1.29, 1.82) is 0 Å². The second-order valence-corrected chi connectivity index (χ2v) is 6.76. The number of hydrogen-bond donors (Lipinski definition) is 2. The highest BCUT2D eigenvalue weighted by Gasteiger charge is 2.23. The van der Waals surface area contributed by atoms with E-state index in [0.29, 0.717) is 5.76 Å². The van der Waals surface area contributed by atoms with Crippen LogP contribution in [0, 0.1) is 0 Å². The van der Waals surface area contributed by atoms with Gasteiger partial charge in [-0.25, -0.2) is 13.1 Å². The van der Waals surface area contributed by atoms with Crippen LogP contribution in [0.4, 0.5) is 0 Å². The zero-order valence-corrected chi connectivity index (χ0v) is 12.6. The first-order valence-corrected chi connectivity index (χ1v) is 8.36. The first-order valence-electron chi connectivity index (χ1n) is 6.71. The number of furan rings is 1. The lowest BCUT2D eigenvalue weighted by molar-refractivity contribution is 0.241. The van der Waals surface area contributed by atoms with Crippen LogP contribution in [0.1, 0.15) is 30.2 Å². The Balaban J connectivity index is 2.05. The molecular weight excluding hydrogens is 290 g/mol. The molecule has 0 aliphatic carbocycles. The summed E-state index contributed by atoms with van der Waals surface area (Å²) in [5.41, 5.74) is 0.960. The van der Waals surface area contributed by atoms with E-state index in [-0.39, 0.29) is 18.3 Å². The summed E-state index contributed by atoms with van der Waals surface area (Å²) in [6, 6.07) is 12.0. The fourth-order valence-corrected chi connectivity index (χ4v) is 3.72. The van der Waals surface area contributed by atoms with Crippen molar-refractivity contribution >= 4 is 10.0 Å². The van der Waals surface area contributed by atoms with E-state index >= 15 is 0 Å². The van der Waals surface area contributed by atoms with Gasteiger partial charge in [-0.2, -0.15) is 0 Å². The summed E-state index contributed by atoms with van der Waals surface area (Å²) >= 11 is 0. The maximum Gasteiger partial charge on any atom is 0.212 e. The van der Waals surface area contributed by atoms with Gasteiger partial charge in [0.1, 0.15) is 11.8 Å². The maximum absolute atomic E-state index is 12.2. The number of sulfonamides is 1. The van der Waals surface area contributed by atoms with Gasteiger partial charge in [0.15, 0.2) is 0 Å². The van der Waals surface area contributed by atoms with E-state index in [0.717, 1.165) is 5.56 Å². The third-order valence-electron chi connectivity index (χ3n) is 3.23. The van der Waals surface area contributed by atoms with E-state index in [9.17, 15) is 13.5 Å². The quantitative estimate of drug-likeness (QED) is 0.820. The molecule has 0 radical (unpaired) electrons. The number of benzene rings is 1. The average Bonchev–Trinajstić information content (AvgIpc) is 2.99. The molecule has 0 saturated carbocycles. The van der Waals surface area contributed by atoms with E-state index in [4.69, 9.17) is 4.42 Å². The Bertz CT molecular complexity index is 638. The lowest BCUT2D eigenvalue weighted by atomic mass is 10.0. The number of nitrogens with one attached hydrogen (secondary N) is 1. The highest BCUT2D eigenvalue weighted by atomic mass is 32.2. The Morgan fingerprint density at radius 2 is 1.90 bits per heavy atom. The molecular formula is C15H19NO4S. The molecule has 1 aromatic carbocycles. The molecule has 0 fully saturated rings. The second kappa shape index (κ2) is 6.89. The minimum absolute atomic E-state index is 0.0474. The Kier molecular flexibility index (Phi) is 5.17. The standard InChI is InChI=1S/C15H19NO4S/c1-12(13-6-3-2-4-7-13)11-21(18,19)16-14(10-17)15-8-5-9-20-15/h2-9,12,14,16-17H,10-11H2,1H3. The number of hydrogen-bond acceptors (Lipinski definition) is 4. The predicted octanol–water partition coefficient (Wildman–Crippen LogP) is 2.04.